The van der Waals surface area contributed by atoms with E-state index in [1.807, 2.05) is 13.8 Å². The summed E-state index contributed by atoms with van der Waals surface area (Å²) >= 11 is 5.94. The van der Waals surface area contributed by atoms with Crippen molar-refractivity contribution in [2.45, 2.75) is 44.3 Å². The highest BCUT2D eigenvalue weighted by atomic mass is 35.5. The van der Waals surface area contributed by atoms with Gasteiger partial charge in [-0.05, 0) is 19.4 Å². The predicted octanol–water partition coefficient (Wildman–Crippen LogP) is 2.48. The first-order chi connectivity index (χ1) is 8.38. The van der Waals surface area contributed by atoms with Crippen molar-refractivity contribution in [2.24, 2.45) is 0 Å². The van der Waals surface area contributed by atoms with Crippen molar-refractivity contribution < 1.29 is 9.84 Å². The molecule has 3 N–H and O–H groups in total. The van der Waals surface area contributed by atoms with Crippen molar-refractivity contribution >= 4 is 17.4 Å². The maximum Gasteiger partial charge on any atom is 0.129 e. The second-order valence-electron chi connectivity index (χ2n) is 5.20. The van der Waals surface area contributed by atoms with Crippen LogP contribution in [0.15, 0.2) is 12.3 Å². The lowest BCUT2D eigenvalue weighted by molar-refractivity contribution is -0.157. The maximum absolute atomic E-state index is 10.9. The third-order valence-corrected chi connectivity index (χ3v) is 3.97. The largest absolute Gasteiger partial charge is 0.385 e. The molecule has 1 aliphatic heterocycles. The number of halogens is 1. The first-order valence-corrected chi connectivity index (χ1v) is 6.54. The summed E-state index contributed by atoms with van der Waals surface area (Å²) < 4.78 is 5.75. The van der Waals surface area contributed by atoms with Gasteiger partial charge >= 0.3 is 0 Å². The first kappa shape index (κ1) is 13.6. The highest BCUT2D eigenvalue weighted by Crippen LogP contribution is 2.42. The minimum absolute atomic E-state index is 0.332. The summed E-state index contributed by atoms with van der Waals surface area (Å²) in [5.74, 6) is 0.335. The van der Waals surface area contributed by atoms with E-state index in [1.165, 1.54) is 6.20 Å². The van der Waals surface area contributed by atoms with E-state index in [-0.39, 0.29) is 5.60 Å². The molecule has 1 saturated heterocycles. The Labute approximate surface area is 112 Å². The molecule has 5 heteroatoms. The minimum atomic E-state index is -1.01. The summed E-state index contributed by atoms with van der Waals surface area (Å²) in [5, 5.41) is 11.3. The van der Waals surface area contributed by atoms with Crippen molar-refractivity contribution in [3.8, 4) is 0 Å². The highest BCUT2D eigenvalue weighted by Gasteiger charge is 2.43. The van der Waals surface area contributed by atoms with Crippen molar-refractivity contribution in [1.82, 2.24) is 4.98 Å². The molecule has 2 heterocycles. The number of aliphatic hydroxyl groups is 1. The lowest BCUT2D eigenvalue weighted by Gasteiger charge is -2.43. The summed E-state index contributed by atoms with van der Waals surface area (Å²) in [5.41, 5.74) is 5.13. The van der Waals surface area contributed by atoms with Gasteiger partial charge in [-0.3, -0.25) is 0 Å². The standard InChI is InChI=1S/C13H19ClN2O2/c1-3-12(2)8-13(17,4-5-18-12)10-6-9(14)7-16-11(10)15/h6-7,17H,3-5,8H2,1-2H3,(H2,15,16). The number of aromatic nitrogens is 1. The van der Waals surface area contributed by atoms with Crippen LogP contribution in [0.1, 0.15) is 38.7 Å². The molecule has 0 aliphatic carbocycles. The highest BCUT2D eigenvalue weighted by molar-refractivity contribution is 6.30. The van der Waals surface area contributed by atoms with Crippen molar-refractivity contribution in [3.05, 3.63) is 22.8 Å². The first-order valence-electron chi connectivity index (χ1n) is 6.16. The van der Waals surface area contributed by atoms with Gasteiger partial charge in [-0.1, -0.05) is 18.5 Å². The van der Waals surface area contributed by atoms with Gasteiger partial charge in [0.05, 0.1) is 22.8 Å². The van der Waals surface area contributed by atoms with Crippen LogP contribution in [0.3, 0.4) is 0 Å². The number of nitrogens with zero attached hydrogens (tertiary/aromatic N) is 1. The smallest absolute Gasteiger partial charge is 0.129 e. The molecule has 18 heavy (non-hydrogen) atoms. The average Bonchev–Trinajstić information content (AvgIpc) is 2.32. The van der Waals surface area contributed by atoms with Gasteiger partial charge in [0.1, 0.15) is 5.82 Å². The summed E-state index contributed by atoms with van der Waals surface area (Å²) in [4.78, 5) is 4.02. The maximum atomic E-state index is 10.9. The van der Waals surface area contributed by atoms with Gasteiger partial charge in [0.15, 0.2) is 0 Å². The summed E-state index contributed by atoms with van der Waals surface area (Å²) in [6, 6.07) is 1.70. The van der Waals surface area contributed by atoms with E-state index in [4.69, 9.17) is 22.1 Å². The Morgan fingerprint density at radius 1 is 1.61 bits per heavy atom. The number of nitrogens with two attached hydrogens (primary N) is 1. The van der Waals surface area contributed by atoms with Gasteiger partial charge in [0.2, 0.25) is 0 Å². The molecule has 0 bridgehead atoms. The molecule has 1 aliphatic rings. The molecular formula is C13H19ClN2O2. The zero-order chi connectivity index (χ0) is 13.4. The summed E-state index contributed by atoms with van der Waals surface area (Å²) in [6.45, 7) is 4.56. The molecule has 2 atom stereocenters. The van der Waals surface area contributed by atoms with Gasteiger partial charge in [0, 0.05) is 24.6 Å². The quantitative estimate of drug-likeness (QED) is 0.866. The molecule has 4 nitrogen and oxygen atoms in total. The van der Waals surface area contributed by atoms with Crippen molar-refractivity contribution in [1.29, 1.82) is 0 Å². The van der Waals surface area contributed by atoms with Crippen molar-refractivity contribution in [2.75, 3.05) is 12.3 Å². The fourth-order valence-electron chi connectivity index (χ4n) is 2.50. The topological polar surface area (TPSA) is 68.4 Å². The fraction of sp³-hybridized carbons (Fsp3) is 0.615. The molecule has 1 aromatic heterocycles. The van der Waals surface area contributed by atoms with E-state index in [0.29, 0.717) is 35.9 Å². The Bertz CT molecular complexity index is 455. The van der Waals surface area contributed by atoms with Crippen LogP contribution >= 0.6 is 11.6 Å². The Morgan fingerprint density at radius 2 is 2.33 bits per heavy atom. The monoisotopic (exact) mass is 270 g/mol. The zero-order valence-electron chi connectivity index (χ0n) is 10.7. The van der Waals surface area contributed by atoms with Gasteiger partial charge in [0.25, 0.3) is 0 Å². The number of rotatable bonds is 2. The Balaban J connectivity index is 2.38. The third-order valence-electron chi connectivity index (χ3n) is 3.77. The average molecular weight is 271 g/mol. The molecule has 0 amide bonds. The fourth-order valence-corrected chi connectivity index (χ4v) is 2.66. The molecule has 100 valence electrons. The van der Waals surface area contributed by atoms with E-state index in [2.05, 4.69) is 4.98 Å². The summed E-state index contributed by atoms with van der Waals surface area (Å²) in [6.07, 6.45) is 3.34. The second-order valence-corrected chi connectivity index (χ2v) is 5.63. The third kappa shape index (κ3) is 2.46. The predicted molar refractivity (Wildman–Crippen MR) is 71.4 cm³/mol. The normalized spacial score (nSPS) is 32.4. The number of pyridine rings is 1. The molecule has 0 saturated carbocycles. The number of nitrogen functional groups attached to an aromatic ring is 1. The van der Waals surface area contributed by atoms with Crippen LogP contribution in [-0.2, 0) is 10.3 Å². The Morgan fingerprint density at radius 3 is 3.00 bits per heavy atom. The van der Waals surface area contributed by atoms with E-state index in [1.54, 1.807) is 6.07 Å². The van der Waals surface area contributed by atoms with E-state index < -0.39 is 5.60 Å². The van der Waals surface area contributed by atoms with Crippen LogP contribution in [0.4, 0.5) is 5.82 Å². The van der Waals surface area contributed by atoms with Crippen LogP contribution in [-0.4, -0.2) is 22.3 Å². The number of ether oxygens (including phenoxy) is 1. The van der Waals surface area contributed by atoms with Crippen LogP contribution in [0.25, 0.3) is 0 Å². The number of hydrogen-bond acceptors (Lipinski definition) is 4. The molecular weight excluding hydrogens is 252 g/mol. The molecule has 2 rings (SSSR count). The van der Waals surface area contributed by atoms with Crippen LogP contribution in [0, 0.1) is 0 Å². The molecule has 2 unspecified atom stereocenters. The van der Waals surface area contributed by atoms with Gasteiger partial charge in [-0.15, -0.1) is 0 Å². The van der Waals surface area contributed by atoms with Gasteiger partial charge in [-0.25, -0.2) is 4.98 Å². The molecule has 1 aromatic rings. The van der Waals surface area contributed by atoms with Crippen LogP contribution in [0.5, 0.6) is 0 Å². The Hall–Kier alpha value is -0.840. The molecule has 0 radical (unpaired) electrons. The SMILES string of the molecule is CCC1(C)CC(O)(c2cc(Cl)cnc2N)CCO1. The number of hydrogen-bond donors (Lipinski definition) is 2. The van der Waals surface area contributed by atoms with E-state index in [9.17, 15) is 5.11 Å². The van der Waals surface area contributed by atoms with Gasteiger partial charge < -0.3 is 15.6 Å². The molecule has 1 fully saturated rings. The minimum Gasteiger partial charge on any atom is -0.385 e. The van der Waals surface area contributed by atoms with Crippen LogP contribution < -0.4 is 5.73 Å². The lowest BCUT2D eigenvalue weighted by Crippen LogP contribution is -2.45. The summed E-state index contributed by atoms with van der Waals surface area (Å²) in [7, 11) is 0. The Kier molecular flexibility index (Phi) is 3.54. The van der Waals surface area contributed by atoms with Crippen LogP contribution in [0.2, 0.25) is 5.02 Å². The second kappa shape index (κ2) is 4.68. The van der Waals surface area contributed by atoms with E-state index >= 15 is 0 Å². The van der Waals surface area contributed by atoms with E-state index in [0.717, 1.165) is 6.42 Å². The van der Waals surface area contributed by atoms with Gasteiger partial charge in [-0.2, -0.15) is 0 Å². The molecule has 0 aromatic carbocycles. The lowest BCUT2D eigenvalue weighted by atomic mass is 9.78. The number of anilines is 1. The zero-order valence-corrected chi connectivity index (χ0v) is 11.5. The van der Waals surface area contributed by atoms with Crippen molar-refractivity contribution in [3.63, 3.8) is 0 Å². The molecule has 0 spiro atoms.